The van der Waals surface area contributed by atoms with Crippen LogP contribution < -0.4 is 11.5 Å². The van der Waals surface area contributed by atoms with Gasteiger partial charge in [-0.25, -0.2) is 0 Å². The molecule has 4 nitrogen and oxygen atoms in total. The van der Waals surface area contributed by atoms with E-state index in [1.807, 2.05) is 0 Å². The minimum absolute atomic E-state index is 0.121. The highest BCUT2D eigenvalue weighted by molar-refractivity contribution is 5.74. The fraction of sp³-hybridized carbons (Fsp3) is 0.900. The van der Waals surface area contributed by atoms with E-state index in [2.05, 4.69) is 11.9 Å². The summed E-state index contributed by atoms with van der Waals surface area (Å²) in [5, 5.41) is 0. The summed E-state index contributed by atoms with van der Waals surface area (Å²) in [6, 6.07) is 0.721. The van der Waals surface area contributed by atoms with Gasteiger partial charge in [0.2, 0.25) is 5.91 Å². The van der Waals surface area contributed by atoms with E-state index in [-0.39, 0.29) is 11.9 Å². The Bertz CT molecular complexity index is 190. The van der Waals surface area contributed by atoms with Gasteiger partial charge in [0.1, 0.15) is 0 Å². The number of hydrogen-bond donors (Lipinski definition) is 2. The molecule has 0 heterocycles. The van der Waals surface area contributed by atoms with Crippen molar-refractivity contribution in [3.63, 3.8) is 0 Å². The first kappa shape index (κ1) is 11.5. The number of nitrogens with two attached hydrogens (primary N) is 2. The third kappa shape index (κ3) is 2.96. The number of nitrogens with zero attached hydrogens (tertiary/aromatic N) is 1. The Kier molecular flexibility index (Phi) is 4.35. The van der Waals surface area contributed by atoms with E-state index in [9.17, 15) is 4.79 Å². The average molecular weight is 199 g/mol. The van der Waals surface area contributed by atoms with Crippen molar-refractivity contribution in [1.29, 1.82) is 0 Å². The zero-order valence-corrected chi connectivity index (χ0v) is 8.91. The highest BCUT2D eigenvalue weighted by atomic mass is 16.1. The lowest BCUT2D eigenvalue weighted by Crippen LogP contribution is -2.45. The summed E-state index contributed by atoms with van der Waals surface area (Å²) in [5.74, 6) is -0.259. The van der Waals surface area contributed by atoms with Gasteiger partial charge in [-0.2, -0.15) is 0 Å². The first-order valence-electron chi connectivity index (χ1n) is 5.35. The van der Waals surface area contributed by atoms with Crippen molar-refractivity contribution in [1.82, 2.24) is 4.90 Å². The Balaban J connectivity index is 2.45. The van der Waals surface area contributed by atoms with Crippen LogP contribution in [0.1, 0.15) is 32.1 Å². The highest BCUT2D eigenvalue weighted by Gasteiger charge is 2.25. The third-order valence-corrected chi connectivity index (χ3v) is 3.19. The van der Waals surface area contributed by atoms with E-state index in [0.717, 1.165) is 0 Å². The quantitative estimate of drug-likeness (QED) is 0.658. The lowest BCUT2D eigenvalue weighted by molar-refractivity contribution is -0.119. The van der Waals surface area contributed by atoms with Crippen molar-refractivity contribution >= 4 is 5.91 Å². The molecule has 0 saturated heterocycles. The van der Waals surface area contributed by atoms with Crippen LogP contribution in [0.4, 0.5) is 0 Å². The minimum atomic E-state index is -0.259. The summed E-state index contributed by atoms with van der Waals surface area (Å²) >= 11 is 0. The Morgan fingerprint density at radius 3 is 2.50 bits per heavy atom. The lowest BCUT2D eigenvalue weighted by Gasteiger charge is -2.31. The van der Waals surface area contributed by atoms with Crippen LogP contribution in [0, 0.1) is 0 Å². The van der Waals surface area contributed by atoms with Gasteiger partial charge >= 0.3 is 0 Å². The molecule has 0 bridgehead atoms. The fourth-order valence-electron chi connectivity index (χ4n) is 2.24. The summed E-state index contributed by atoms with van der Waals surface area (Å²) in [6.45, 7) is 0.510. The van der Waals surface area contributed by atoms with Crippen LogP contribution in [-0.2, 0) is 4.79 Å². The van der Waals surface area contributed by atoms with Gasteiger partial charge in [0.05, 0.1) is 0 Å². The van der Waals surface area contributed by atoms with Crippen molar-refractivity contribution in [2.24, 2.45) is 11.5 Å². The van der Waals surface area contributed by atoms with Crippen LogP contribution in [-0.4, -0.2) is 36.5 Å². The van der Waals surface area contributed by atoms with E-state index in [0.29, 0.717) is 19.0 Å². The number of likely N-dealkylation sites (N-methyl/N-ethyl adjacent to an activating group) is 1. The molecule has 1 unspecified atom stereocenters. The summed E-state index contributed by atoms with van der Waals surface area (Å²) in [4.78, 5) is 13.1. The molecule has 4 heteroatoms. The summed E-state index contributed by atoms with van der Waals surface area (Å²) in [7, 11) is 2.05. The molecule has 14 heavy (non-hydrogen) atoms. The van der Waals surface area contributed by atoms with Crippen LogP contribution in [0.25, 0.3) is 0 Å². The average Bonchev–Trinajstić information content (AvgIpc) is 2.65. The second-order valence-corrected chi connectivity index (χ2v) is 4.16. The molecular formula is C10H21N3O. The topological polar surface area (TPSA) is 72.3 Å². The zero-order chi connectivity index (χ0) is 10.6. The van der Waals surface area contributed by atoms with Crippen LogP contribution >= 0.6 is 0 Å². The van der Waals surface area contributed by atoms with E-state index >= 15 is 0 Å². The van der Waals surface area contributed by atoms with Crippen molar-refractivity contribution in [3.05, 3.63) is 0 Å². The molecule has 1 aliphatic rings. The van der Waals surface area contributed by atoms with Gasteiger partial charge in [0.15, 0.2) is 0 Å². The predicted octanol–water partition coefficient (Wildman–Crippen LogP) is 0.0635. The van der Waals surface area contributed by atoms with Gasteiger partial charge in [-0.1, -0.05) is 12.8 Å². The molecule has 0 radical (unpaired) electrons. The molecule has 0 aliphatic heterocycles. The number of carbonyl (C=O) groups is 1. The minimum Gasteiger partial charge on any atom is -0.370 e. The van der Waals surface area contributed by atoms with Crippen LogP contribution in [0.3, 0.4) is 0 Å². The largest absolute Gasteiger partial charge is 0.370 e. The van der Waals surface area contributed by atoms with Crippen LogP contribution in [0.5, 0.6) is 0 Å². The molecule has 1 rings (SSSR count). The number of amides is 1. The SMILES string of the molecule is CN(C1CCCC1)C(CN)CC(N)=O. The number of rotatable bonds is 5. The van der Waals surface area contributed by atoms with Gasteiger partial charge in [-0.15, -0.1) is 0 Å². The Morgan fingerprint density at radius 1 is 1.50 bits per heavy atom. The first-order valence-corrected chi connectivity index (χ1v) is 5.35. The maximum Gasteiger partial charge on any atom is 0.219 e. The molecule has 1 fully saturated rings. The van der Waals surface area contributed by atoms with Gasteiger partial charge < -0.3 is 11.5 Å². The Morgan fingerprint density at radius 2 is 2.07 bits per heavy atom. The monoisotopic (exact) mass is 199 g/mol. The molecule has 0 aromatic rings. The molecule has 1 atom stereocenters. The van der Waals surface area contributed by atoms with E-state index < -0.39 is 0 Å². The van der Waals surface area contributed by atoms with Crippen LogP contribution in [0.2, 0.25) is 0 Å². The van der Waals surface area contributed by atoms with E-state index in [4.69, 9.17) is 11.5 Å². The molecule has 0 aromatic carbocycles. The summed E-state index contributed by atoms with van der Waals surface area (Å²) < 4.78 is 0. The van der Waals surface area contributed by atoms with Crippen molar-refractivity contribution in [3.8, 4) is 0 Å². The lowest BCUT2D eigenvalue weighted by atomic mass is 10.1. The van der Waals surface area contributed by atoms with E-state index in [1.54, 1.807) is 0 Å². The smallest absolute Gasteiger partial charge is 0.219 e. The molecule has 0 spiro atoms. The standard InChI is InChI=1S/C10H21N3O/c1-13(8-4-2-3-5-8)9(7-11)6-10(12)14/h8-9H,2-7,11H2,1H3,(H2,12,14). The maximum atomic E-state index is 10.8. The second kappa shape index (κ2) is 5.32. The Hall–Kier alpha value is -0.610. The van der Waals surface area contributed by atoms with Crippen molar-refractivity contribution in [2.45, 2.75) is 44.2 Å². The molecule has 1 aliphatic carbocycles. The van der Waals surface area contributed by atoms with Crippen molar-refractivity contribution < 1.29 is 4.79 Å². The van der Waals surface area contributed by atoms with Crippen molar-refractivity contribution in [2.75, 3.05) is 13.6 Å². The maximum absolute atomic E-state index is 10.8. The number of carbonyl (C=O) groups excluding carboxylic acids is 1. The van der Waals surface area contributed by atoms with Gasteiger partial charge in [0, 0.05) is 25.0 Å². The molecule has 0 aromatic heterocycles. The fourth-order valence-corrected chi connectivity index (χ4v) is 2.24. The van der Waals surface area contributed by atoms with Gasteiger partial charge in [-0.3, -0.25) is 9.69 Å². The number of hydrogen-bond acceptors (Lipinski definition) is 3. The predicted molar refractivity (Wildman–Crippen MR) is 56.7 cm³/mol. The summed E-state index contributed by atoms with van der Waals surface area (Å²) in [6.07, 6.45) is 5.42. The third-order valence-electron chi connectivity index (χ3n) is 3.19. The summed E-state index contributed by atoms with van der Waals surface area (Å²) in [5.41, 5.74) is 10.8. The molecule has 4 N–H and O–H groups in total. The second-order valence-electron chi connectivity index (χ2n) is 4.16. The Labute approximate surface area is 85.6 Å². The highest BCUT2D eigenvalue weighted by Crippen LogP contribution is 2.24. The van der Waals surface area contributed by atoms with Crippen LogP contribution in [0.15, 0.2) is 0 Å². The number of primary amides is 1. The molecule has 1 amide bonds. The van der Waals surface area contributed by atoms with Gasteiger partial charge in [0.25, 0.3) is 0 Å². The molecule has 82 valence electrons. The normalized spacial score (nSPS) is 20.2. The molecule has 1 saturated carbocycles. The zero-order valence-electron chi connectivity index (χ0n) is 8.91. The van der Waals surface area contributed by atoms with Gasteiger partial charge in [-0.05, 0) is 19.9 Å². The van der Waals surface area contributed by atoms with E-state index in [1.165, 1.54) is 25.7 Å². The first-order chi connectivity index (χ1) is 6.65. The molecular weight excluding hydrogens is 178 g/mol.